The van der Waals surface area contributed by atoms with E-state index in [9.17, 15) is 0 Å². The van der Waals surface area contributed by atoms with Gasteiger partial charge in [-0.3, -0.25) is 4.90 Å². The Morgan fingerprint density at radius 1 is 1.16 bits per heavy atom. The van der Waals surface area contributed by atoms with Crippen molar-refractivity contribution in [3.8, 4) is 0 Å². The van der Waals surface area contributed by atoms with Crippen LogP contribution in [0.5, 0.6) is 0 Å². The SMILES string of the molecule is C1C[C@@H](NCc2nnnn2C2CC2)CN(Cc2noc(C3CC3)n2)C1. The molecule has 2 aromatic rings. The number of tetrazole rings is 1. The molecule has 3 heterocycles. The molecule has 3 aliphatic rings. The topological polar surface area (TPSA) is 97.8 Å². The van der Waals surface area contributed by atoms with Crippen LogP contribution in [0.4, 0.5) is 0 Å². The average Bonchev–Trinajstić information content (AvgIpc) is 3.56. The lowest BCUT2D eigenvalue weighted by molar-refractivity contribution is 0.176. The van der Waals surface area contributed by atoms with E-state index in [1.54, 1.807) is 0 Å². The van der Waals surface area contributed by atoms with Gasteiger partial charge in [-0.15, -0.1) is 5.10 Å². The summed E-state index contributed by atoms with van der Waals surface area (Å²) in [5.74, 6) is 3.12. The Balaban J connectivity index is 1.14. The number of likely N-dealkylation sites (tertiary alicyclic amines) is 1. The summed E-state index contributed by atoms with van der Waals surface area (Å²) >= 11 is 0. The first-order valence-electron chi connectivity index (χ1n) is 9.40. The standard InChI is InChI=1S/C16H24N8O/c1-2-12(17-8-15-19-21-22-24(15)13-5-6-13)9-23(7-1)10-14-18-16(25-20-14)11-3-4-11/h11-13,17H,1-10H2/t12-/m1/s1. The molecular formula is C16H24N8O. The largest absolute Gasteiger partial charge is 0.339 e. The Kier molecular flexibility index (Phi) is 3.97. The van der Waals surface area contributed by atoms with Gasteiger partial charge in [-0.2, -0.15) is 4.98 Å². The lowest BCUT2D eigenvalue weighted by atomic mass is 10.1. The maximum Gasteiger partial charge on any atom is 0.229 e. The molecule has 1 aliphatic heterocycles. The van der Waals surface area contributed by atoms with E-state index >= 15 is 0 Å². The molecular weight excluding hydrogens is 320 g/mol. The Morgan fingerprint density at radius 3 is 2.92 bits per heavy atom. The van der Waals surface area contributed by atoms with Gasteiger partial charge in [0.15, 0.2) is 11.6 Å². The number of nitrogens with zero attached hydrogens (tertiary/aromatic N) is 7. The fraction of sp³-hybridized carbons (Fsp3) is 0.812. The molecule has 0 bridgehead atoms. The van der Waals surface area contributed by atoms with Crippen LogP contribution < -0.4 is 5.32 Å². The van der Waals surface area contributed by atoms with Gasteiger partial charge in [0, 0.05) is 18.5 Å². The lowest BCUT2D eigenvalue weighted by Gasteiger charge is -2.32. The molecule has 1 N–H and O–H groups in total. The second-order valence-corrected chi connectivity index (χ2v) is 7.55. The van der Waals surface area contributed by atoms with Crippen molar-refractivity contribution in [1.82, 2.24) is 40.6 Å². The minimum absolute atomic E-state index is 0.452. The molecule has 134 valence electrons. The van der Waals surface area contributed by atoms with Crippen LogP contribution in [0.15, 0.2) is 4.52 Å². The maximum atomic E-state index is 5.37. The highest BCUT2D eigenvalue weighted by Gasteiger charge is 2.30. The molecule has 0 spiro atoms. The van der Waals surface area contributed by atoms with Gasteiger partial charge >= 0.3 is 0 Å². The van der Waals surface area contributed by atoms with Crippen LogP contribution in [-0.2, 0) is 13.1 Å². The van der Waals surface area contributed by atoms with Crippen molar-refractivity contribution in [2.24, 2.45) is 0 Å². The number of hydrogen-bond donors (Lipinski definition) is 1. The van der Waals surface area contributed by atoms with Gasteiger partial charge in [0.1, 0.15) is 0 Å². The molecule has 2 aromatic heterocycles. The van der Waals surface area contributed by atoms with Crippen molar-refractivity contribution in [2.45, 2.75) is 69.6 Å². The monoisotopic (exact) mass is 344 g/mol. The van der Waals surface area contributed by atoms with Gasteiger partial charge in [0.05, 0.1) is 19.1 Å². The van der Waals surface area contributed by atoms with E-state index in [4.69, 9.17) is 4.52 Å². The summed E-state index contributed by atoms with van der Waals surface area (Å²) < 4.78 is 7.35. The minimum atomic E-state index is 0.452. The van der Waals surface area contributed by atoms with Crippen LogP contribution in [0.2, 0.25) is 0 Å². The highest BCUT2D eigenvalue weighted by molar-refractivity contribution is 5.02. The third kappa shape index (κ3) is 3.57. The van der Waals surface area contributed by atoms with Crippen LogP contribution >= 0.6 is 0 Å². The summed E-state index contributed by atoms with van der Waals surface area (Å²) in [6, 6.07) is 0.974. The van der Waals surface area contributed by atoms with Gasteiger partial charge in [-0.05, 0) is 55.5 Å². The van der Waals surface area contributed by atoms with E-state index < -0.39 is 0 Å². The number of rotatable bonds is 7. The highest BCUT2D eigenvalue weighted by Crippen LogP contribution is 2.38. The van der Waals surface area contributed by atoms with E-state index in [2.05, 4.69) is 35.9 Å². The molecule has 0 aromatic carbocycles. The van der Waals surface area contributed by atoms with Crippen LogP contribution in [0.1, 0.15) is 68.0 Å². The number of aromatic nitrogens is 6. The van der Waals surface area contributed by atoms with Crippen molar-refractivity contribution in [3.05, 3.63) is 17.5 Å². The molecule has 5 rings (SSSR count). The summed E-state index contributed by atoms with van der Waals surface area (Å²) in [7, 11) is 0. The van der Waals surface area contributed by atoms with Crippen molar-refractivity contribution in [1.29, 1.82) is 0 Å². The smallest absolute Gasteiger partial charge is 0.229 e. The van der Waals surface area contributed by atoms with Gasteiger partial charge < -0.3 is 9.84 Å². The van der Waals surface area contributed by atoms with E-state index in [0.717, 1.165) is 43.7 Å². The summed E-state index contributed by atoms with van der Waals surface area (Å²) in [6.45, 7) is 3.59. The molecule has 3 fully saturated rings. The third-order valence-electron chi connectivity index (χ3n) is 5.28. The summed E-state index contributed by atoms with van der Waals surface area (Å²) in [5, 5.41) is 19.9. The van der Waals surface area contributed by atoms with Crippen molar-refractivity contribution in [2.75, 3.05) is 13.1 Å². The van der Waals surface area contributed by atoms with E-state index in [1.807, 2.05) is 4.68 Å². The van der Waals surface area contributed by atoms with Crippen LogP contribution in [0, 0.1) is 0 Å². The van der Waals surface area contributed by atoms with E-state index in [1.165, 1.54) is 38.5 Å². The first-order chi connectivity index (χ1) is 12.3. The molecule has 9 heteroatoms. The number of piperidine rings is 1. The van der Waals surface area contributed by atoms with Crippen LogP contribution in [0.3, 0.4) is 0 Å². The third-order valence-corrected chi connectivity index (χ3v) is 5.28. The van der Waals surface area contributed by atoms with Crippen molar-refractivity contribution in [3.63, 3.8) is 0 Å². The lowest BCUT2D eigenvalue weighted by Crippen LogP contribution is -2.45. The molecule has 0 amide bonds. The van der Waals surface area contributed by atoms with Gasteiger partial charge in [0.2, 0.25) is 5.89 Å². The van der Waals surface area contributed by atoms with E-state index in [0.29, 0.717) is 18.0 Å². The molecule has 1 atom stereocenters. The van der Waals surface area contributed by atoms with Crippen molar-refractivity contribution >= 4 is 0 Å². The second-order valence-electron chi connectivity index (χ2n) is 7.55. The number of nitrogens with one attached hydrogen (secondary N) is 1. The van der Waals surface area contributed by atoms with Gasteiger partial charge in [-0.1, -0.05) is 5.16 Å². The van der Waals surface area contributed by atoms with E-state index in [-0.39, 0.29) is 0 Å². The summed E-state index contributed by atoms with van der Waals surface area (Å²) in [5.41, 5.74) is 0. The maximum absolute atomic E-state index is 5.37. The molecule has 0 radical (unpaired) electrons. The predicted molar refractivity (Wildman–Crippen MR) is 87.5 cm³/mol. The minimum Gasteiger partial charge on any atom is -0.339 e. The normalized spacial score (nSPS) is 24.7. The zero-order chi connectivity index (χ0) is 16.6. The Bertz CT molecular complexity index is 719. The molecule has 2 aliphatic carbocycles. The Morgan fingerprint density at radius 2 is 2.08 bits per heavy atom. The summed E-state index contributed by atoms with van der Waals surface area (Å²) in [4.78, 5) is 6.96. The van der Waals surface area contributed by atoms with Crippen molar-refractivity contribution < 1.29 is 4.52 Å². The molecule has 1 saturated heterocycles. The van der Waals surface area contributed by atoms with Gasteiger partial charge in [-0.25, -0.2) is 4.68 Å². The second kappa shape index (κ2) is 6.45. The average molecular weight is 344 g/mol. The van der Waals surface area contributed by atoms with Gasteiger partial charge in [0.25, 0.3) is 0 Å². The molecule has 9 nitrogen and oxygen atoms in total. The zero-order valence-electron chi connectivity index (χ0n) is 14.3. The molecule has 25 heavy (non-hydrogen) atoms. The Hall–Kier alpha value is -1.87. The predicted octanol–water partition coefficient (Wildman–Crippen LogP) is 1.02. The number of hydrogen-bond acceptors (Lipinski definition) is 8. The highest BCUT2D eigenvalue weighted by atomic mass is 16.5. The van der Waals surface area contributed by atoms with Crippen LogP contribution in [-0.4, -0.2) is 54.4 Å². The Labute approximate surface area is 146 Å². The fourth-order valence-electron chi connectivity index (χ4n) is 3.56. The summed E-state index contributed by atoms with van der Waals surface area (Å²) in [6.07, 6.45) is 7.14. The fourth-order valence-corrected chi connectivity index (χ4v) is 3.56. The first-order valence-corrected chi connectivity index (χ1v) is 9.40. The quantitative estimate of drug-likeness (QED) is 0.795. The molecule has 2 saturated carbocycles. The first kappa shape index (κ1) is 15.4. The zero-order valence-corrected chi connectivity index (χ0v) is 14.3. The van der Waals surface area contributed by atoms with Crippen LogP contribution in [0.25, 0.3) is 0 Å². The molecule has 0 unspecified atom stereocenters.